The van der Waals surface area contributed by atoms with Gasteiger partial charge in [-0.15, -0.1) is 12.4 Å². The SMILES string of the molecule is Cl.NCCCOC1CCN(C(=O)C2CCCN2C(=O)c2ccccc2)CC1. The minimum absolute atomic E-state index is 0. The van der Waals surface area contributed by atoms with Gasteiger partial charge in [0.25, 0.3) is 5.91 Å². The lowest BCUT2D eigenvalue weighted by Gasteiger charge is -2.35. The van der Waals surface area contributed by atoms with Crippen LogP contribution in [0, 0.1) is 0 Å². The van der Waals surface area contributed by atoms with Crippen LogP contribution < -0.4 is 5.73 Å². The first-order valence-electron chi connectivity index (χ1n) is 9.67. The first-order valence-corrected chi connectivity index (χ1v) is 9.67. The summed E-state index contributed by atoms with van der Waals surface area (Å²) < 4.78 is 5.81. The van der Waals surface area contributed by atoms with Gasteiger partial charge in [0.05, 0.1) is 6.10 Å². The monoisotopic (exact) mass is 395 g/mol. The van der Waals surface area contributed by atoms with Crippen LogP contribution in [-0.2, 0) is 9.53 Å². The van der Waals surface area contributed by atoms with Gasteiger partial charge in [0.1, 0.15) is 6.04 Å². The van der Waals surface area contributed by atoms with E-state index in [9.17, 15) is 9.59 Å². The molecule has 0 bridgehead atoms. The van der Waals surface area contributed by atoms with Crippen molar-refractivity contribution in [1.82, 2.24) is 9.80 Å². The molecule has 2 aliphatic rings. The molecular formula is C20H30ClN3O3. The van der Waals surface area contributed by atoms with E-state index in [1.54, 1.807) is 4.90 Å². The van der Waals surface area contributed by atoms with Gasteiger partial charge in [-0.05, 0) is 50.8 Å². The van der Waals surface area contributed by atoms with Crippen LogP contribution >= 0.6 is 12.4 Å². The average Bonchev–Trinajstić information content (AvgIpc) is 3.18. The summed E-state index contributed by atoms with van der Waals surface area (Å²) in [5.74, 6) is 0.0497. The van der Waals surface area contributed by atoms with Gasteiger partial charge in [-0.2, -0.15) is 0 Å². The first-order chi connectivity index (χ1) is 12.7. The third-order valence-electron chi connectivity index (χ3n) is 5.28. The maximum Gasteiger partial charge on any atom is 0.254 e. The molecule has 2 N–H and O–H groups in total. The van der Waals surface area contributed by atoms with Crippen LogP contribution in [0.3, 0.4) is 0 Å². The summed E-state index contributed by atoms with van der Waals surface area (Å²) in [6, 6.07) is 8.91. The molecule has 0 radical (unpaired) electrons. The number of likely N-dealkylation sites (tertiary alicyclic amines) is 2. The van der Waals surface area contributed by atoms with E-state index in [-0.39, 0.29) is 36.4 Å². The molecule has 2 heterocycles. The summed E-state index contributed by atoms with van der Waals surface area (Å²) >= 11 is 0. The highest BCUT2D eigenvalue weighted by atomic mass is 35.5. The highest BCUT2D eigenvalue weighted by Crippen LogP contribution is 2.24. The van der Waals surface area contributed by atoms with E-state index in [2.05, 4.69) is 0 Å². The van der Waals surface area contributed by atoms with E-state index in [1.165, 1.54) is 0 Å². The Morgan fingerprint density at radius 2 is 1.78 bits per heavy atom. The van der Waals surface area contributed by atoms with Crippen LogP contribution in [0.1, 0.15) is 42.5 Å². The Morgan fingerprint density at radius 1 is 1.07 bits per heavy atom. The molecule has 1 unspecified atom stereocenters. The van der Waals surface area contributed by atoms with Gasteiger partial charge in [0, 0.05) is 31.8 Å². The fraction of sp³-hybridized carbons (Fsp3) is 0.600. The van der Waals surface area contributed by atoms with Crippen molar-refractivity contribution in [2.75, 3.05) is 32.8 Å². The summed E-state index contributed by atoms with van der Waals surface area (Å²) in [4.78, 5) is 29.4. The van der Waals surface area contributed by atoms with Gasteiger partial charge >= 0.3 is 0 Å². The van der Waals surface area contributed by atoms with Gasteiger partial charge < -0.3 is 20.3 Å². The molecule has 1 aromatic rings. The van der Waals surface area contributed by atoms with Crippen molar-refractivity contribution in [3.8, 4) is 0 Å². The lowest BCUT2D eigenvalue weighted by molar-refractivity contribution is -0.138. The largest absolute Gasteiger partial charge is 0.378 e. The van der Waals surface area contributed by atoms with Crippen molar-refractivity contribution in [2.24, 2.45) is 5.73 Å². The molecule has 150 valence electrons. The van der Waals surface area contributed by atoms with Crippen LogP contribution in [0.2, 0.25) is 0 Å². The van der Waals surface area contributed by atoms with Crippen LogP contribution in [0.25, 0.3) is 0 Å². The third-order valence-corrected chi connectivity index (χ3v) is 5.28. The van der Waals surface area contributed by atoms with E-state index in [4.69, 9.17) is 10.5 Å². The van der Waals surface area contributed by atoms with Gasteiger partial charge in [0.15, 0.2) is 0 Å². The number of piperidine rings is 1. The zero-order valence-corrected chi connectivity index (χ0v) is 16.5. The molecule has 0 aliphatic carbocycles. The minimum Gasteiger partial charge on any atom is -0.378 e. The van der Waals surface area contributed by atoms with Crippen molar-refractivity contribution in [2.45, 2.75) is 44.2 Å². The average molecular weight is 396 g/mol. The second-order valence-electron chi connectivity index (χ2n) is 7.06. The van der Waals surface area contributed by atoms with E-state index in [0.29, 0.717) is 38.3 Å². The molecule has 0 aromatic heterocycles. The molecule has 0 spiro atoms. The molecule has 1 atom stereocenters. The van der Waals surface area contributed by atoms with Crippen LogP contribution in [0.15, 0.2) is 30.3 Å². The molecule has 2 fully saturated rings. The minimum atomic E-state index is -0.322. The topological polar surface area (TPSA) is 75.9 Å². The van der Waals surface area contributed by atoms with Crippen molar-refractivity contribution in [1.29, 1.82) is 0 Å². The maximum absolute atomic E-state index is 13.0. The molecule has 1 aromatic carbocycles. The van der Waals surface area contributed by atoms with Gasteiger partial charge in [-0.25, -0.2) is 0 Å². The number of carbonyl (C=O) groups is 2. The summed E-state index contributed by atoms with van der Waals surface area (Å²) in [5, 5.41) is 0. The van der Waals surface area contributed by atoms with Crippen molar-refractivity contribution in [3.63, 3.8) is 0 Å². The highest BCUT2D eigenvalue weighted by Gasteiger charge is 2.37. The number of nitrogens with two attached hydrogens (primary N) is 1. The molecular weight excluding hydrogens is 366 g/mol. The van der Waals surface area contributed by atoms with Crippen LogP contribution in [-0.4, -0.2) is 66.5 Å². The number of ether oxygens (including phenoxy) is 1. The number of carbonyl (C=O) groups excluding carboxylic acids is 2. The quantitative estimate of drug-likeness (QED) is 0.748. The number of benzene rings is 1. The Morgan fingerprint density at radius 3 is 2.44 bits per heavy atom. The Kier molecular flexibility index (Phi) is 8.54. The molecule has 7 heteroatoms. The normalized spacial score (nSPS) is 20.4. The molecule has 2 saturated heterocycles. The Balaban J connectivity index is 0.00000261. The van der Waals surface area contributed by atoms with Gasteiger partial charge in [-0.1, -0.05) is 18.2 Å². The third kappa shape index (κ3) is 5.43. The molecule has 3 rings (SSSR count). The van der Waals surface area contributed by atoms with Crippen molar-refractivity contribution >= 4 is 24.2 Å². The maximum atomic E-state index is 13.0. The van der Waals surface area contributed by atoms with E-state index < -0.39 is 0 Å². The number of hydrogen-bond acceptors (Lipinski definition) is 4. The summed E-state index contributed by atoms with van der Waals surface area (Å²) in [5.41, 5.74) is 6.14. The fourth-order valence-electron chi connectivity index (χ4n) is 3.80. The molecule has 0 saturated carbocycles. The Hall–Kier alpha value is -1.63. The molecule has 6 nitrogen and oxygen atoms in total. The van der Waals surface area contributed by atoms with E-state index in [0.717, 1.165) is 32.1 Å². The van der Waals surface area contributed by atoms with E-state index >= 15 is 0 Å². The second kappa shape index (κ2) is 10.6. The predicted octanol–water partition coefficient (Wildman–Crippen LogP) is 2.07. The molecule has 2 aliphatic heterocycles. The second-order valence-corrected chi connectivity index (χ2v) is 7.06. The standard InChI is InChI=1S/C20H29N3O3.ClH/c21-11-5-15-26-17-9-13-22(14-10-17)20(25)18-8-4-12-23(18)19(24)16-6-2-1-3-7-16;/h1-3,6-7,17-18H,4-5,8-15,21H2;1H. The van der Waals surface area contributed by atoms with Crippen molar-refractivity contribution < 1.29 is 14.3 Å². The lowest BCUT2D eigenvalue weighted by Crippen LogP contribution is -2.50. The Bertz CT molecular complexity index is 606. The first kappa shape index (κ1) is 21.7. The zero-order chi connectivity index (χ0) is 18.4. The highest BCUT2D eigenvalue weighted by molar-refractivity contribution is 5.97. The van der Waals surface area contributed by atoms with Gasteiger partial charge in [0.2, 0.25) is 5.91 Å². The summed E-state index contributed by atoms with van der Waals surface area (Å²) in [6.45, 7) is 3.40. The number of amides is 2. The number of halogens is 1. The van der Waals surface area contributed by atoms with Crippen LogP contribution in [0.4, 0.5) is 0 Å². The summed E-state index contributed by atoms with van der Waals surface area (Å²) in [7, 11) is 0. The number of rotatable bonds is 6. The Labute approximate surface area is 167 Å². The predicted molar refractivity (Wildman–Crippen MR) is 107 cm³/mol. The fourth-order valence-corrected chi connectivity index (χ4v) is 3.80. The smallest absolute Gasteiger partial charge is 0.254 e. The van der Waals surface area contributed by atoms with Crippen molar-refractivity contribution in [3.05, 3.63) is 35.9 Å². The number of nitrogens with zero attached hydrogens (tertiary/aromatic N) is 2. The van der Waals surface area contributed by atoms with Gasteiger partial charge in [-0.3, -0.25) is 9.59 Å². The molecule has 27 heavy (non-hydrogen) atoms. The number of hydrogen-bond donors (Lipinski definition) is 1. The van der Waals surface area contributed by atoms with Crippen LogP contribution in [0.5, 0.6) is 0 Å². The van der Waals surface area contributed by atoms with E-state index in [1.807, 2.05) is 35.2 Å². The zero-order valence-electron chi connectivity index (χ0n) is 15.7. The lowest BCUT2D eigenvalue weighted by atomic mass is 10.1. The summed E-state index contributed by atoms with van der Waals surface area (Å²) in [6.07, 6.45) is 4.44. The molecule has 2 amide bonds.